The molecule has 1 saturated heterocycles. The largest absolute Gasteiger partial charge is 0.469 e. The number of ether oxygens (including phenoxy) is 4. The minimum Gasteiger partial charge on any atom is -0.469 e. The maximum Gasteiger partial charge on any atom is 0.325 e. The third kappa shape index (κ3) is 4.33. The van der Waals surface area contributed by atoms with Crippen molar-refractivity contribution in [1.29, 1.82) is 0 Å². The van der Waals surface area contributed by atoms with Crippen molar-refractivity contribution in [3.8, 4) is 11.1 Å². The Morgan fingerprint density at radius 2 is 1.41 bits per heavy atom. The second-order valence-corrected chi connectivity index (χ2v) is 9.77. The Balaban J connectivity index is 1.69. The summed E-state index contributed by atoms with van der Waals surface area (Å²) in [5, 5.41) is 3.68. The van der Waals surface area contributed by atoms with E-state index in [0.29, 0.717) is 0 Å². The molecule has 2 aliphatic rings. The zero-order chi connectivity index (χ0) is 26.2. The molecule has 0 saturated carbocycles. The minimum atomic E-state index is -1.01. The zero-order valence-electron chi connectivity index (χ0n) is 21.4. The first kappa shape index (κ1) is 25.1. The van der Waals surface area contributed by atoms with E-state index in [1.54, 1.807) is 13.8 Å². The number of esters is 2. The average Bonchev–Trinajstić information content (AvgIpc) is 3.38. The molecule has 192 valence electrons. The van der Waals surface area contributed by atoms with E-state index in [0.717, 1.165) is 27.8 Å². The van der Waals surface area contributed by atoms with Crippen LogP contribution in [0.5, 0.6) is 0 Å². The van der Waals surface area contributed by atoms with Crippen LogP contribution in [0.2, 0.25) is 0 Å². The molecule has 0 spiro atoms. The molecule has 1 heterocycles. The van der Waals surface area contributed by atoms with E-state index in [1.807, 2.05) is 54.6 Å². The number of nitrogens with one attached hydrogen (secondary N) is 1. The van der Waals surface area contributed by atoms with Crippen molar-refractivity contribution in [2.75, 3.05) is 14.2 Å². The lowest BCUT2D eigenvalue weighted by molar-refractivity contribution is -0.160. The molecule has 7 nitrogen and oxygen atoms in total. The summed E-state index contributed by atoms with van der Waals surface area (Å²) in [4.78, 5) is 25.7. The lowest BCUT2D eigenvalue weighted by Crippen LogP contribution is -2.58. The maximum absolute atomic E-state index is 13.5. The monoisotopic (exact) mass is 501 g/mol. The zero-order valence-corrected chi connectivity index (χ0v) is 21.4. The summed E-state index contributed by atoms with van der Waals surface area (Å²) in [6, 6.07) is 25.4. The molecule has 5 rings (SSSR count). The van der Waals surface area contributed by atoms with E-state index < -0.39 is 41.5 Å². The van der Waals surface area contributed by atoms with Gasteiger partial charge in [-0.1, -0.05) is 78.9 Å². The van der Waals surface area contributed by atoms with Gasteiger partial charge in [0.2, 0.25) is 0 Å². The fraction of sp³-hybridized carbons (Fsp3) is 0.333. The number of hydrogen-bond acceptors (Lipinski definition) is 7. The highest BCUT2D eigenvalue weighted by Crippen LogP contribution is 2.51. The number of carbonyl (C=O) groups is 2. The van der Waals surface area contributed by atoms with Crippen LogP contribution in [0.15, 0.2) is 78.9 Å². The Bertz CT molecular complexity index is 1260. The number of rotatable bonds is 7. The molecule has 0 bridgehead atoms. The van der Waals surface area contributed by atoms with E-state index in [1.165, 1.54) is 14.2 Å². The van der Waals surface area contributed by atoms with Crippen molar-refractivity contribution in [2.45, 2.75) is 49.8 Å². The molecule has 0 amide bonds. The van der Waals surface area contributed by atoms with Gasteiger partial charge in [-0.2, -0.15) is 0 Å². The molecule has 3 atom stereocenters. The van der Waals surface area contributed by atoms with Crippen LogP contribution >= 0.6 is 0 Å². The molecule has 3 aromatic rings. The van der Waals surface area contributed by atoms with Crippen molar-refractivity contribution in [3.05, 3.63) is 95.6 Å². The fourth-order valence-electron chi connectivity index (χ4n) is 5.66. The van der Waals surface area contributed by atoms with Crippen LogP contribution in [0.25, 0.3) is 11.1 Å². The van der Waals surface area contributed by atoms with Gasteiger partial charge in [-0.25, -0.2) is 0 Å². The Morgan fingerprint density at radius 3 is 1.97 bits per heavy atom. The molecular formula is C30H31NO6. The van der Waals surface area contributed by atoms with Gasteiger partial charge < -0.3 is 18.9 Å². The topological polar surface area (TPSA) is 83.1 Å². The smallest absolute Gasteiger partial charge is 0.325 e. The molecule has 1 aliphatic heterocycles. The first-order chi connectivity index (χ1) is 17.8. The Kier molecular flexibility index (Phi) is 6.62. The van der Waals surface area contributed by atoms with E-state index >= 15 is 0 Å². The van der Waals surface area contributed by atoms with Crippen molar-refractivity contribution in [1.82, 2.24) is 5.32 Å². The summed E-state index contributed by atoms with van der Waals surface area (Å²) >= 11 is 0. The number of hydrogen-bond donors (Lipinski definition) is 1. The van der Waals surface area contributed by atoms with E-state index in [-0.39, 0.29) is 6.42 Å². The van der Waals surface area contributed by atoms with Crippen LogP contribution in [0.4, 0.5) is 0 Å². The quantitative estimate of drug-likeness (QED) is 0.487. The Labute approximate surface area is 216 Å². The molecule has 3 aromatic carbocycles. The molecule has 0 unspecified atom stereocenters. The summed E-state index contributed by atoms with van der Waals surface area (Å²) in [5.74, 6) is -1.98. The molecule has 1 N–H and O–H groups in total. The maximum atomic E-state index is 13.5. The molecule has 0 radical (unpaired) electrons. The van der Waals surface area contributed by atoms with Crippen molar-refractivity contribution >= 4 is 11.9 Å². The number of benzene rings is 3. The minimum absolute atomic E-state index is 0.0642. The van der Waals surface area contributed by atoms with Gasteiger partial charge in [0, 0.05) is 0 Å². The highest BCUT2D eigenvalue weighted by atomic mass is 16.8. The molecule has 1 aliphatic carbocycles. The Hall–Kier alpha value is -3.52. The fourth-order valence-corrected chi connectivity index (χ4v) is 5.66. The molecule has 1 fully saturated rings. The normalized spacial score (nSPS) is 21.5. The third-order valence-electron chi connectivity index (χ3n) is 7.13. The van der Waals surface area contributed by atoms with Crippen LogP contribution < -0.4 is 5.32 Å². The molecule has 0 aromatic heterocycles. The first-order valence-electron chi connectivity index (χ1n) is 12.3. The second kappa shape index (κ2) is 9.74. The van der Waals surface area contributed by atoms with Crippen molar-refractivity contribution < 1.29 is 28.5 Å². The lowest BCUT2D eigenvalue weighted by Gasteiger charge is -2.39. The number of carbonyl (C=O) groups excluding carboxylic acids is 2. The molecule has 37 heavy (non-hydrogen) atoms. The summed E-state index contributed by atoms with van der Waals surface area (Å²) < 4.78 is 22.5. The average molecular weight is 502 g/mol. The number of methoxy groups -OCH3 is 2. The van der Waals surface area contributed by atoms with Gasteiger partial charge in [0.05, 0.1) is 32.3 Å². The predicted octanol–water partition coefficient (Wildman–Crippen LogP) is 4.17. The van der Waals surface area contributed by atoms with Crippen LogP contribution in [0.1, 0.15) is 37.0 Å². The lowest BCUT2D eigenvalue weighted by atomic mass is 9.79. The summed E-state index contributed by atoms with van der Waals surface area (Å²) in [7, 11) is 2.67. The highest BCUT2D eigenvalue weighted by Gasteiger charge is 2.53. The predicted molar refractivity (Wildman–Crippen MR) is 138 cm³/mol. The number of fused-ring (bicyclic) bond motifs is 3. The molecular weight excluding hydrogens is 470 g/mol. The van der Waals surface area contributed by atoms with Crippen LogP contribution in [0.3, 0.4) is 0 Å². The van der Waals surface area contributed by atoms with Gasteiger partial charge in [-0.05, 0) is 41.7 Å². The second-order valence-electron chi connectivity index (χ2n) is 9.77. The summed E-state index contributed by atoms with van der Waals surface area (Å²) in [5.41, 5.74) is 4.25. The van der Waals surface area contributed by atoms with E-state index in [9.17, 15) is 9.59 Å². The summed E-state index contributed by atoms with van der Waals surface area (Å²) in [6.07, 6.45) is -1.61. The van der Waals surface area contributed by atoms with Gasteiger partial charge >= 0.3 is 11.9 Å². The van der Waals surface area contributed by atoms with Gasteiger partial charge in [-0.15, -0.1) is 0 Å². The van der Waals surface area contributed by atoms with E-state index in [2.05, 4.69) is 29.6 Å². The van der Waals surface area contributed by atoms with Crippen LogP contribution in [-0.2, 0) is 34.1 Å². The van der Waals surface area contributed by atoms with Crippen LogP contribution in [0, 0.1) is 0 Å². The van der Waals surface area contributed by atoms with Crippen LogP contribution in [-0.4, -0.2) is 50.2 Å². The van der Waals surface area contributed by atoms with Crippen molar-refractivity contribution in [2.24, 2.45) is 0 Å². The van der Waals surface area contributed by atoms with Crippen molar-refractivity contribution in [3.63, 3.8) is 0 Å². The standard InChI is InChI=1S/C30H31NO6/c1-29(2)36-24(18-25(32)34-3)27(37-29)26(28(33)35-4)31-30(19-12-6-5-7-13-19)22-16-10-8-14-20(22)21-15-9-11-17-23(21)30/h5-17,24,26-27,31H,18H2,1-4H3/t24-,26+,27+/m1/s1. The Morgan fingerprint density at radius 1 is 0.838 bits per heavy atom. The highest BCUT2D eigenvalue weighted by molar-refractivity contribution is 5.84. The molecule has 7 heteroatoms. The SMILES string of the molecule is COC(=O)C[C@H]1OC(C)(C)O[C@@H]1[C@H](NC1(c2ccccc2)c2ccccc2-c2ccccc21)C(=O)OC. The van der Waals surface area contributed by atoms with E-state index in [4.69, 9.17) is 18.9 Å². The van der Waals surface area contributed by atoms with Gasteiger partial charge in [0.25, 0.3) is 0 Å². The van der Waals surface area contributed by atoms with Gasteiger partial charge in [0.15, 0.2) is 5.79 Å². The summed E-state index contributed by atoms with van der Waals surface area (Å²) in [6.45, 7) is 3.53. The van der Waals surface area contributed by atoms with Gasteiger partial charge in [-0.3, -0.25) is 14.9 Å². The first-order valence-corrected chi connectivity index (χ1v) is 12.3. The van der Waals surface area contributed by atoms with Gasteiger partial charge in [0.1, 0.15) is 12.1 Å². The third-order valence-corrected chi connectivity index (χ3v) is 7.13.